The van der Waals surface area contributed by atoms with Gasteiger partial charge in [0.05, 0.1) is 18.9 Å². The first-order valence-electron chi connectivity index (χ1n) is 8.09. The van der Waals surface area contributed by atoms with E-state index in [9.17, 15) is 14.7 Å². The summed E-state index contributed by atoms with van der Waals surface area (Å²) in [7, 11) is 1.49. The van der Waals surface area contributed by atoms with Gasteiger partial charge in [-0.15, -0.1) is 0 Å². The number of phenols is 1. The first-order valence-corrected chi connectivity index (χ1v) is 8.09. The van der Waals surface area contributed by atoms with Gasteiger partial charge in [0.1, 0.15) is 11.5 Å². The molecule has 0 spiro atoms. The molecule has 1 aliphatic rings. The van der Waals surface area contributed by atoms with Crippen LogP contribution in [0, 0.1) is 0 Å². The Morgan fingerprint density at radius 3 is 2.64 bits per heavy atom. The van der Waals surface area contributed by atoms with Crippen LogP contribution in [0.3, 0.4) is 0 Å². The fraction of sp³-hybridized carbons (Fsp3) is 0.333. The van der Waals surface area contributed by atoms with Crippen LogP contribution < -0.4 is 10.1 Å². The number of methoxy groups -OCH3 is 1. The molecule has 0 radical (unpaired) electrons. The molecule has 1 aromatic carbocycles. The number of phenolic OH excluding ortho intramolecular Hbond substituents is 1. The third kappa shape index (κ3) is 3.76. The molecule has 25 heavy (non-hydrogen) atoms. The van der Waals surface area contributed by atoms with E-state index >= 15 is 0 Å². The summed E-state index contributed by atoms with van der Waals surface area (Å²) < 4.78 is 10.1. The lowest BCUT2D eigenvalue weighted by Gasteiger charge is -2.31. The molecule has 132 valence electrons. The van der Waals surface area contributed by atoms with Crippen LogP contribution >= 0.6 is 0 Å². The van der Waals surface area contributed by atoms with Crippen molar-refractivity contribution in [3.8, 4) is 11.5 Å². The maximum atomic E-state index is 12.3. The maximum Gasteiger partial charge on any atom is 0.289 e. The highest BCUT2D eigenvalue weighted by molar-refractivity contribution is 5.97. The predicted octanol–water partition coefficient (Wildman–Crippen LogP) is 2.03. The van der Waals surface area contributed by atoms with E-state index in [4.69, 9.17) is 9.15 Å². The van der Waals surface area contributed by atoms with Gasteiger partial charge in [0.15, 0.2) is 5.76 Å². The number of nitrogens with one attached hydrogen (secondary N) is 1. The van der Waals surface area contributed by atoms with Crippen molar-refractivity contribution in [2.24, 2.45) is 0 Å². The van der Waals surface area contributed by atoms with Crippen LogP contribution in [0.5, 0.6) is 11.5 Å². The Hall–Kier alpha value is -2.96. The van der Waals surface area contributed by atoms with Gasteiger partial charge in [-0.3, -0.25) is 9.59 Å². The quantitative estimate of drug-likeness (QED) is 0.885. The van der Waals surface area contributed by atoms with Gasteiger partial charge >= 0.3 is 0 Å². The van der Waals surface area contributed by atoms with E-state index < -0.39 is 0 Å². The van der Waals surface area contributed by atoms with Gasteiger partial charge in [-0.1, -0.05) is 0 Å². The van der Waals surface area contributed by atoms with Gasteiger partial charge < -0.3 is 24.5 Å². The number of carbonyl (C=O) groups is 2. The number of piperidine rings is 1. The van der Waals surface area contributed by atoms with Crippen LogP contribution in [0.4, 0.5) is 0 Å². The Balaban J connectivity index is 1.55. The third-order valence-corrected chi connectivity index (χ3v) is 4.30. The predicted molar refractivity (Wildman–Crippen MR) is 89.8 cm³/mol. The molecule has 2 amide bonds. The molecule has 0 atom stereocenters. The number of benzene rings is 1. The van der Waals surface area contributed by atoms with Crippen molar-refractivity contribution in [2.75, 3.05) is 20.2 Å². The SMILES string of the molecule is COc1ccc(C(=O)NC2CCN(C(=O)c3ccco3)CC2)c(O)c1. The van der Waals surface area contributed by atoms with Gasteiger partial charge in [0.25, 0.3) is 11.8 Å². The highest BCUT2D eigenvalue weighted by atomic mass is 16.5. The van der Waals surface area contributed by atoms with E-state index in [1.807, 2.05) is 0 Å². The summed E-state index contributed by atoms with van der Waals surface area (Å²) in [5, 5.41) is 12.8. The number of nitrogens with zero attached hydrogens (tertiary/aromatic N) is 1. The molecule has 7 nitrogen and oxygen atoms in total. The molecular formula is C18H20N2O5. The average Bonchev–Trinajstić information content (AvgIpc) is 3.16. The number of likely N-dealkylation sites (tertiary alicyclic amines) is 1. The number of rotatable bonds is 4. The Labute approximate surface area is 145 Å². The van der Waals surface area contributed by atoms with Crippen LogP contribution in [-0.4, -0.2) is 48.1 Å². The van der Waals surface area contributed by atoms with Crippen molar-refractivity contribution in [2.45, 2.75) is 18.9 Å². The molecule has 2 N–H and O–H groups in total. The van der Waals surface area contributed by atoms with Gasteiger partial charge in [0.2, 0.25) is 0 Å². The van der Waals surface area contributed by atoms with Crippen LogP contribution in [0.25, 0.3) is 0 Å². The van der Waals surface area contributed by atoms with Gasteiger partial charge in [-0.25, -0.2) is 0 Å². The first kappa shape index (κ1) is 16.9. The highest BCUT2D eigenvalue weighted by Crippen LogP contribution is 2.24. The molecule has 3 rings (SSSR count). The van der Waals surface area contributed by atoms with E-state index in [0.29, 0.717) is 37.4 Å². The van der Waals surface area contributed by atoms with Crippen molar-refractivity contribution < 1.29 is 23.8 Å². The smallest absolute Gasteiger partial charge is 0.289 e. The summed E-state index contributed by atoms with van der Waals surface area (Å²) in [6.07, 6.45) is 2.77. The molecule has 0 unspecified atom stereocenters. The second-order valence-electron chi connectivity index (χ2n) is 5.90. The topological polar surface area (TPSA) is 92.0 Å². The number of carbonyl (C=O) groups excluding carboxylic acids is 2. The summed E-state index contributed by atoms with van der Waals surface area (Å²) in [5.74, 6) is 0.213. The zero-order chi connectivity index (χ0) is 17.8. The van der Waals surface area contributed by atoms with E-state index in [-0.39, 0.29) is 29.2 Å². The van der Waals surface area contributed by atoms with Crippen LogP contribution in [0.15, 0.2) is 41.0 Å². The molecule has 0 aliphatic carbocycles. The number of hydrogen-bond acceptors (Lipinski definition) is 5. The molecule has 0 saturated carbocycles. The first-order chi connectivity index (χ1) is 12.1. The molecule has 0 bridgehead atoms. The molecular weight excluding hydrogens is 324 g/mol. The van der Waals surface area contributed by atoms with E-state index in [0.717, 1.165) is 0 Å². The molecule has 7 heteroatoms. The van der Waals surface area contributed by atoms with Crippen LogP contribution in [0.2, 0.25) is 0 Å². The van der Waals surface area contributed by atoms with Crippen molar-refractivity contribution in [1.82, 2.24) is 10.2 Å². The van der Waals surface area contributed by atoms with E-state index in [1.165, 1.54) is 25.5 Å². The largest absolute Gasteiger partial charge is 0.507 e. The fourth-order valence-electron chi connectivity index (χ4n) is 2.88. The number of amides is 2. The van der Waals surface area contributed by atoms with Crippen LogP contribution in [-0.2, 0) is 0 Å². The number of furan rings is 1. The monoisotopic (exact) mass is 344 g/mol. The molecule has 1 fully saturated rings. The Morgan fingerprint density at radius 2 is 2.04 bits per heavy atom. The summed E-state index contributed by atoms with van der Waals surface area (Å²) >= 11 is 0. The van der Waals surface area contributed by atoms with E-state index in [1.54, 1.807) is 23.1 Å². The lowest BCUT2D eigenvalue weighted by molar-refractivity contribution is 0.0667. The Kier molecular flexibility index (Phi) is 4.92. The van der Waals surface area contributed by atoms with Crippen molar-refractivity contribution in [1.29, 1.82) is 0 Å². The van der Waals surface area contributed by atoms with Gasteiger partial charge in [-0.2, -0.15) is 0 Å². The number of hydrogen-bond donors (Lipinski definition) is 2. The minimum atomic E-state index is -0.337. The highest BCUT2D eigenvalue weighted by Gasteiger charge is 2.26. The van der Waals surface area contributed by atoms with Crippen LogP contribution in [0.1, 0.15) is 33.8 Å². The Morgan fingerprint density at radius 1 is 1.28 bits per heavy atom. The fourth-order valence-corrected chi connectivity index (χ4v) is 2.88. The zero-order valence-corrected chi connectivity index (χ0v) is 13.9. The lowest BCUT2D eigenvalue weighted by atomic mass is 10.0. The summed E-state index contributed by atoms with van der Waals surface area (Å²) in [5.41, 5.74) is 0.204. The van der Waals surface area contributed by atoms with Crippen molar-refractivity contribution in [3.63, 3.8) is 0 Å². The second kappa shape index (κ2) is 7.29. The Bertz CT molecular complexity index is 749. The minimum absolute atomic E-state index is 0.0466. The van der Waals surface area contributed by atoms with Gasteiger partial charge in [-0.05, 0) is 37.1 Å². The minimum Gasteiger partial charge on any atom is -0.507 e. The third-order valence-electron chi connectivity index (χ3n) is 4.30. The van der Waals surface area contributed by atoms with Gasteiger partial charge in [0, 0.05) is 25.2 Å². The average molecular weight is 344 g/mol. The summed E-state index contributed by atoms with van der Waals surface area (Å²) in [6, 6.07) is 7.83. The zero-order valence-electron chi connectivity index (χ0n) is 13.9. The van der Waals surface area contributed by atoms with Crippen molar-refractivity contribution in [3.05, 3.63) is 47.9 Å². The normalized spacial score (nSPS) is 15.0. The maximum absolute atomic E-state index is 12.3. The lowest BCUT2D eigenvalue weighted by Crippen LogP contribution is -2.46. The molecule has 1 aliphatic heterocycles. The molecule has 2 aromatic rings. The number of ether oxygens (including phenoxy) is 1. The van der Waals surface area contributed by atoms with Crippen molar-refractivity contribution >= 4 is 11.8 Å². The summed E-state index contributed by atoms with van der Waals surface area (Å²) in [6.45, 7) is 1.08. The standard InChI is InChI=1S/C18H20N2O5/c1-24-13-4-5-14(15(21)11-13)17(22)19-12-6-8-20(9-7-12)18(23)16-3-2-10-25-16/h2-5,10-12,21H,6-9H2,1H3,(H,19,22). The second-order valence-corrected chi connectivity index (χ2v) is 5.90. The molecule has 2 heterocycles. The molecule has 1 saturated heterocycles. The summed E-state index contributed by atoms with van der Waals surface area (Å²) in [4.78, 5) is 26.3. The van der Waals surface area contributed by atoms with E-state index in [2.05, 4.69) is 5.32 Å². The number of aromatic hydroxyl groups is 1. The molecule has 1 aromatic heterocycles.